The van der Waals surface area contributed by atoms with Crippen LogP contribution in [0.15, 0.2) is 48.5 Å². The molecule has 7 heteroatoms. The van der Waals surface area contributed by atoms with E-state index in [0.29, 0.717) is 35.9 Å². The lowest BCUT2D eigenvalue weighted by atomic mass is 10.1. The molecule has 0 heterocycles. The van der Waals surface area contributed by atoms with Crippen molar-refractivity contribution in [3.8, 4) is 5.75 Å². The number of nitrogens with two attached hydrogens (primary N) is 1. The maximum absolute atomic E-state index is 12.1. The number of nitrogen functional groups attached to an aromatic ring is 1. The van der Waals surface area contributed by atoms with Crippen molar-refractivity contribution in [2.24, 2.45) is 5.73 Å². The zero-order valence-electron chi connectivity index (χ0n) is 14.9. The third-order valence-electron chi connectivity index (χ3n) is 3.67. The van der Waals surface area contributed by atoms with Crippen LogP contribution < -0.4 is 15.8 Å². The molecule has 1 amide bonds. The molecule has 0 fully saturated rings. The summed E-state index contributed by atoms with van der Waals surface area (Å²) in [7, 11) is 3.60. The fourth-order valence-electron chi connectivity index (χ4n) is 2.23. The molecule has 0 unspecified atom stereocenters. The van der Waals surface area contributed by atoms with Crippen LogP contribution >= 0.6 is 0 Å². The average molecular weight is 353 g/mol. The summed E-state index contributed by atoms with van der Waals surface area (Å²) in [5, 5.41) is 18.1. The number of nitrogens with zero attached hydrogens (tertiary/aromatic N) is 1. The van der Waals surface area contributed by atoms with Gasteiger partial charge < -0.3 is 20.7 Å². The first-order valence-corrected chi connectivity index (χ1v) is 8.10. The maximum atomic E-state index is 12.1. The first-order valence-electron chi connectivity index (χ1n) is 8.10. The lowest BCUT2D eigenvalue weighted by Gasteiger charge is -2.14. The molecule has 5 N–H and O–H groups in total. The standard InChI is InChI=1S/C19H23N5O2/c1-24(2)18(22)13-6-8-14(9-7-13)19(25)23-10-11-26-16-5-3-4-15(12-16)17(20)21/h3-9,12,22H,10-11H2,1-2H3,(H3,20,21)(H,23,25). The highest BCUT2D eigenvalue weighted by atomic mass is 16.5. The first kappa shape index (κ1) is 19.0. The van der Waals surface area contributed by atoms with Crippen molar-refractivity contribution in [1.29, 1.82) is 10.8 Å². The fraction of sp³-hybridized carbons (Fsp3) is 0.211. The van der Waals surface area contributed by atoms with E-state index in [4.69, 9.17) is 21.3 Å². The average Bonchev–Trinajstić information content (AvgIpc) is 2.64. The van der Waals surface area contributed by atoms with Crippen LogP contribution in [0, 0.1) is 10.8 Å². The molecule has 0 aliphatic heterocycles. The Bertz CT molecular complexity index is 800. The molecule has 2 aromatic rings. The third-order valence-corrected chi connectivity index (χ3v) is 3.67. The quantitative estimate of drug-likeness (QED) is 0.344. The molecule has 0 aromatic heterocycles. The molecule has 0 bridgehead atoms. The summed E-state index contributed by atoms with van der Waals surface area (Å²) < 4.78 is 5.56. The SMILES string of the molecule is CN(C)C(=N)c1ccc(C(=O)NCCOc2cccc(C(=N)N)c2)cc1. The van der Waals surface area contributed by atoms with Gasteiger partial charge in [-0.05, 0) is 24.3 Å². The van der Waals surface area contributed by atoms with Crippen molar-refractivity contribution in [2.45, 2.75) is 0 Å². The first-order chi connectivity index (χ1) is 12.4. The number of carbonyl (C=O) groups is 1. The summed E-state index contributed by atoms with van der Waals surface area (Å²) in [6.45, 7) is 0.648. The van der Waals surface area contributed by atoms with Gasteiger partial charge in [0.15, 0.2) is 0 Å². The van der Waals surface area contributed by atoms with E-state index in [0.717, 1.165) is 5.56 Å². The van der Waals surface area contributed by atoms with E-state index in [9.17, 15) is 4.79 Å². The Morgan fingerprint density at radius 3 is 2.35 bits per heavy atom. The molecule has 0 radical (unpaired) electrons. The predicted molar refractivity (Wildman–Crippen MR) is 102 cm³/mol. The van der Waals surface area contributed by atoms with Crippen LogP contribution in [-0.4, -0.2) is 49.7 Å². The fourth-order valence-corrected chi connectivity index (χ4v) is 2.23. The number of hydrogen-bond donors (Lipinski definition) is 4. The predicted octanol–water partition coefficient (Wildman–Crippen LogP) is 1.67. The van der Waals surface area contributed by atoms with Crippen molar-refractivity contribution < 1.29 is 9.53 Å². The van der Waals surface area contributed by atoms with Crippen molar-refractivity contribution in [3.63, 3.8) is 0 Å². The summed E-state index contributed by atoms with van der Waals surface area (Å²) in [5.41, 5.74) is 7.31. The van der Waals surface area contributed by atoms with E-state index in [1.165, 1.54) is 0 Å². The van der Waals surface area contributed by atoms with Crippen LogP contribution in [0.5, 0.6) is 5.75 Å². The van der Waals surface area contributed by atoms with Gasteiger partial charge in [0.05, 0.1) is 6.54 Å². The number of amidine groups is 2. The van der Waals surface area contributed by atoms with Gasteiger partial charge in [-0.2, -0.15) is 0 Å². The number of amides is 1. The summed E-state index contributed by atoms with van der Waals surface area (Å²) in [4.78, 5) is 13.8. The topological polar surface area (TPSA) is 115 Å². The van der Waals surface area contributed by atoms with Gasteiger partial charge in [0, 0.05) is 30.8 Å². The van der Waals surface area contributed by atoms with Gasteiger partial charge in [-0.15, -0.1) is 0 Å². The van der Waals surface area contributed by atoms with Gasteiger partial charge >= 0.3 is 0 Å². The largest absolute Gasteiger partial charge is 0.492 e. The monoisotopic (exact) mass is 353 g/mol. The molecule has 26 heavy (non-hydrogen) atoms. The van der Waals surface area contributed by atoms with Crippen LogP contribution in [-0.2, 0) is 0 Å². The second-order valence-corrected chi connectivity index (χ2v) is 5.87. The minimum absolute atomic E-state index is 0.0189. The third kappa shape index (κ3) is 5.07. The Labute approximate surface area is 152 Å². The van der Waals surface area contributed by atoms with Crippen LogP contribution in [0.1, 0.15) is 21.5 Å². The molecule has 0 saturated carbocycles. The van der Waals surface area contributed by atoms with E-state index in [1.807, 2.05) is 0 Å². The second-order valence-electron chi connectivity index (χ2n) is 5.87. The van der Waals surface area contributed by atoms with Gasteiger partial charge in [0.25, 0.3) is 5.91 Å². The van der Waals surface area contributed by atoms with E-state index in [-0.39, 0.29) is 11.7 Å². The van der Waals surface area contributed by atoms with Crippen molar-refractivity contribution in [1.82, 2.24) is 10.2 Å². The number of benzene rings is 2. The van der Waals surface area contributed by atoms with Gasteiger partial charge in [0.1, 0.15) is 24.0 Å². The summed E-state index contributed by atoms with van der Waals surface area (Å²) >= 11 is 0. The number of hydrogen-bond acceptors (Lipinski definition) is 4. The van der Waals surface area contributed by atoms with Gasteiger partial charge in [-0.3, -0.25) is 15.6 Å². The van der Waals surface area contributed by atoms with Gasteiger partial charge in [0.2, 0.25) is 0 Å². The number of ether oxygens (including phenoxy) is 1. The normalized spacial score (nSPS) is 10.1. The number of nitrogens with one attached hydrogen (secondary N) is 3. The smallest absolute Gasteiger partial charge is 0.251 e. The highest BCUT2D eigenvalue weighted by molar-refractivity contribution is 5.98. The molecular weight excluding hydrogens is 330 g/mol. The van der Waals surface area contributed by atoms with E-state index in [1.54, 1.807) is 67.5 Å². The lowest BCUT2D eigenvalue weighted by Crippen LogP contribution is -2.28. The molecule has 2 aromatic carbocycles. The highest BCUT2D eigenvalue weighted by Crippen LogP contribution is 2.12. The minimum atomic E-state index is -0.200. The van der Waals surface area contributed by atoms with Crippen LogP contribution in [0.2, 0.25) is 0 Å². The Kier molecular flexibility index (Phi) is 6.32. The van der Waals surface area contributed by atoms with Crippen molar-refractivity contribution in [2.75, 3.05) is 27.2 Å². The minimum Gasteiger partial charge on any atom is -0.492 e. The molecule has 0 aliphatic rings. The number of rotatable bonds is 7. The molecule has 0 saturated heterocycles. The Balaban J connectivity index is 1.82. The second kappa shape index (κ2) is 8.66. The maximum Gasteiger partial charge on any atom is 0.251 e. The molecule has 0 aliphatic carbocycles. The molecule has 136 valence electrons. The lowest BCUT2D eigenvalue weighted by molar-refractivity contribution is 0.0947. The molecule has 0 atom stereocenters. The zero-order valence-corrected chi connectivity index (χ0v) is 14.9. The molecule has 2 rings (SSSR count). The van der Waals surface area contributed by atoms with E-state index >= 15 is 0 Å². The molecule has 7 nitrogen and oxygen atoms in total. The highest BCUT2D eigenvalue weighted by Gasteiger charge is 2.08. The molecular formula is C19H23N5O2. The summed E-state index contributed by atoms with van der Waals surface area (Å²) in [6, 6.07) is 13.8. The summed E-state index contributed by atoms with van der Waals surface area (Å²) in [6.07, 6.45) is 0. The Morgan fingerprint density at radius 1 is 1.08 bits per heavy atom. The van der Waals surface area contributed by atoms with Crippen molar-refractivity contribution >= 4 is 17.6 Å². The van der Waals surface area contributed by atoms with Gasteiger partial charge in [-0.1, -0.05) is 24.3 Å². The van der Waals surface area contributed by atoms with E-state index in [2.05, 4.69) is 5.32 Å². The van der Waals surface area contributed by atoms with Crippen LogP contribution in [0.4, 0.5) is 0 Å². The Morgan fingerprint density at radius 2 is 1.73 bits per heavy atom. The van der Waals surface area contributed by atoms with Crippen LogP contribution in [0.3, 0.4) is 0 Å². The zero-order chi connectivity index (χ0) is 19.1. The van der Waals surface area contributed by atoms with Gasteiger partial charge in [-0.25, -0.2) is 0 Å². The number of carbonyl (C=O) groups excluding carboxylic acids is 1. The Hall–Kier alpha value is -3.35. The summed E-state index contributed by atoms with van der Waals surface area (Å²) in [5.74, 6) is 0.764. The van der Waals surface area contributed by atoms with Crippen molar-refractivity contribution in [3.05, 3.63) is 65.2 Å². The van der Waals surface area contributed by atoms with E-state index < -0.39 is 0 Å². The molecule has 0 spiro atoms. The van der Waals surface area contributed by atoms with Crippen LogP contribution in [0.25, 0.3) is 0 Å².